The van der Waals surface area contributed by atoms with E-state index in [1.54, 1.807) is 11.3 Å². The molecule has 0 radical (unpaired) electrons. The van der Waals surface area contributed by atoms with Crippen molar-refractivity contribution >= 4 is 50.6 Å². The third kappa shape index (κ3) is 3.13. The second kappa shape index (κ2) is 7.08. The molecule has 3 aromatic rings. The summed E-state index contributed by atoms with van der Waals surface area (Å²) in [4.78, 5) is 34.4. The molecule has 0 spiro atoms. The molecule has 24 heavy (non-hydrogen) atoms. The van der Waals surface area contributed by atoms with Gasteiger partial charge >= 0.3 is 0 Å². The van der Waals surface area contributed by atoms with Crippen molar-refractivity contribution in [1.82, 2.24) is 9.97 Å². The first-order chi connectivity index (χ1) is 11.5. The number of fused-ring (bicyclic) bond motifs is 1. The van der Waals surface area contributed by atoms with Crippen LogP contribution >= 0.6 is 34.4 Å². The number of aromatic nitrogens is 2. The number of H-pyrrole nitrogens is 1. The van der Waals surface area contributed by atoms with Gasteiger partial charge in [-0.05, 0) is 24.3 Å². The first-order valence-corrected chi connectivity index (χ1v) is 10.2. The molecule has 0 aliphatic heterocycles. The van der Waals surface area contributed by atoms with Crippen molar-refractivity contribution in [3.63, 3.8) is 0 Å². The number of hydrogen-bond donors (Lipinski definition) is 2. The average Bonchev–Trinajstić information content (AvgIpc) is 3.18. The van der Waals surface area contributed by atoms with Crippen LogP contribution < -0.4 is 11.3 Å². The molecule has 0 saturated heterocycles. The van der Waals surface area contributed by atoms with Crippen molar-refractivity contribution in [2.24, 2.45) is 5.73 Å². The topological polar surface area (TPSA) is 88.8 Å². The SMILES string of the molecule is CCc1sc2nc(SC(CC)C(N)=O)[nH]c(=O)c2c1-c1cccs1. The van der Waals surface area contributed by atoms with E-state index in [9.17, 15) is 9.59 Å². The van der Waals surface area contributed by atoms with E-state index in [-0.39, 0.29) is 5.56 Å². The first kappa shape index (κ1) is 17.2. The number of nitrogens with two attached hydrogens (primary N) is 1. The van der Waals surface area contributed by atoms with Gasteiger partial charge in [-0.1, -0.05) is 31.7 Å². The van der Waals surface area contributed by atoms with Crippen LogP contribution in [0.2, 0.25) is 0 Å². The summed E-state index contributed by atoms with van der Waals surface area (Å²) in [5, 5.41) is 2.69. The number of primary amides is 1. The number of rotatable bonds is 6. The fraction of sp³-hybridized carbons (Fsp3) is 0.312. The maximum atomic E-state index is 12.7. The van der Waals surface area contributed by atoms with E-state index in [4.69, 9.17) is 5.73 Å². The van der Waals surface area contributed by atoms with Crippen LogP contribution in [0.15, 0.2) is 27.5 Å². The fourth-order valence-corrected chi connectivity index (χ4v) is 5.40. The highest BCUT2D eigenvalue weighted by molar-refractivity contribution is 8.00. The molecule has 0 saturated carbocycles. The number of thiophene rings is 2. The third-order valence-electron chi connectivity index (χ3n) is 3.64. The molecule has 0 fully saturated rings. The molecule has 0 aliphatic carbocycles. The first-order valence-electron chi connectivity index (χ1n) is 7.60. The fourth-order valence-electron chi connectivity index (χ4n) is 2.50. The van der Waals surface area contributed by atoms with E-state index in [1.807, 2.05) is 24.4 Å². The van der Waals surface area contributed by atoms with Crippen LogP contribution in [0.3, 0.4) is 0 Å². The number of nitrogens with one attached hydrogen (secondary N) is 1. The van der Waals surface area contributed by atoms with Gasteiger partial charge in [-0.25, -0.2) is 4.98 Å². The van der Waals surface area contributed by atoms with E-state index in [2.05, 4.69) is 16.9 Å². The van der Waals surface area contributed by atoms with Crippen LogP contribution in [0.1, 0.15) is 25.1 Å². The highest BCUT2D eigenvalue weighted by Gasteiger charge is 2.21. The second-order valence-electron chi connectivity index (χ2n) is 5.20. The lowest BCUT2D eigenvalue weighted by Gasteiger charge is -2.09. The van der Waals surface area contributed by atoms with Gasteiger partial charge in [0.25, 0.3) is 5.56 Å². The molecule has 3 heterocycles. The minimum atomic E-state index is -0.398. The summed E-state index contributed by atoms with van der Waals surface area (Å²) in [6.07, 6.45) is 1.43. The van der Waals surface area contributed by atoms with Gasteiger partial charge in [0.05, 0.1) is 10.6 Å². The Hall–Kier alpha value is -1.64. The summed E-state index contributed by atoms with van der Waals surface area (Å²) in [5.74, 6) is -0.398. The summed E-state index contributed by atoms with van der Waals surface area (Å²) in [7, 11) is 0. The Morgan fingerprint density at radius 2 is 2.25 bits per heavy atom. The van der Waals surface area contributed by atoms with Gasteiger partial charge in [-0.3, -0.25) is 9.59 Å². The number of aryl methyl sites for hydroxylation is 1. The molecule has 3 aromatic heterocycles. The molecule has 0 aromatic carbocycles. The van der Waals surface area contributed by atoms with Crippen LogP contribution in [-0.4, -0.2) is 21.1 Å². The third-order valence-corrected chi connectivity index (χ3v) is 7.03. The summed E-state index contributed by atoms with van der Waals surface area (Å²) in [5.41, 5.74) is 6.20. The number of hydrogen-bond acceptors (Lipinski definition) is 6. The number of aromatic amines is 1. The predicted octanol–water partition coefficient (Wildman–Crippen LogP) is 3.63. The van der Waals surface area contributed by atoms with Crippen LogP contribution in [0.5, 0.6) is 0 Å². The van der Waals surface area contributed by atoms with Crippen molar-refractivity contribution < 1.29 is 4.79 Å². The largest absolute Gasteiger partial charge is 0.369 e. The van der Waals surface area contributed by atoms with Gasteiger partial charge in [0.2, 0.25) is 5.91 Å². The number of carbonyl (C=O) groups excluding carboxylic acids is 1. The lowest BCUT2D eigenvalue weighted by atomic mass is 10.1. The highest BCUT2D eigenvalue weighted by Crippen LogP contribution is 2.39. The van der Waals surface area contributed by atoms with Crippen molar-refractivity contribution in [3.8, 4) is 10.4 Å². The van der Waals surface area contributed by atoms with E-state index in [0.29, 0.717) is 21.8 Å². The van der Waals surface area contributed by atoms with Crippen LogP contribution in [0.25, 0.3) is 20.7 Å². The van der Waals surface area contributed by atoms with Crippen molar-refractivity contribution in [3.05, 3.63) is 32.7 Å². The monoisotopic (exact) mass is 379 g/mol. The van der Waals surface area contributed by atoms with Crippen molar-refractivity contribution in [1.29, 1.82) is 0 Å². The molecule has 3 rings (SSSR count). The molecule has 1 atom stereocenters. The highest BCUT2D eigenvalue weighted by atomic mass is 32.2. The molecule has 5 nitrogen and oxygen atoms in total. The molecule has 8 heteroatoms. The molecular weight excluding hydrogens is 362 g/mol. The standard InChI is InChI=1S/C16H17N3O2S3/c1-3-8-11(10-6-5-7-22-10)12-14(21)18-16(19-15(12)23-8)24-9(4-2)13(17)20/h5-7,9H,3-4H2,1-2H3,(H2,17,20)(H,18,19,21). The normalized spacial score (nSPS) is 12.6. The van der Waals surface area contributed by atoms with Gasteiger partial charge in [-0.15, -0.1) is 22.7 Å². The minimum Gasteiger partial charge on any atom is -0.369 e. The molecule has 126 valence electrons. The van der Waals surface area contributed by atoms with Gasteiger partial charge < -0.3 is 10.7 Å². The van der Waals surface area contributed by atoms with Crippen LogP contribution in [0, 0.1) is 0 Å². The number of amides is 1. The van der Waals surface area contributed by atoms with Gasteiger partial charge in [0.1, 0.15) is 4.83 Å². The summed E-state index contributed by atoms with van der Waals surface area (Å²) in [6, 6.07) is 4.00. The predicted molar refractivity (Wildman–Crippen MR) is 102 cm³/mol. The van der Waals surface area contributed by atoms with E-state index >= 15 is 0 Å². The summed E-state index contributed by atoms with van der Waals surface area (Å²) in [6.45, 7) is 3.96. The summed E-state index contributed by atoms with van der Waals surface area (Å²) < 4.78 is 0. The number of nitrogens with zero attached hydrogens (tertiary/aromatic N) is 1. The van der Waals surface area contributed by atoms with E-state index in [0.717, 1.165) is 21.7 Å². The van der Waals surface area contributed by atoms with Gasteiger partial charge in [0.15, 0.2) is 5.16 Å². The average molecular weight is 380 g/mol. The maximum Gasteiger partial charge on any atom is 0.260 e. The number of thioether (sulfide) groups is 1. The lowest BCUT2D eigenvalue weighted by molar-refractivity contribution is -0.117. The molecular formula is C16H17N3O2S3. The van der Waals surface area contributed by atoms with Crippen LogP contribution in [0.4, 0.5) is 0 Å². The molecule has 1 amide bonds. The Bertz CT molecular complexity index is 928. The van der Waals surface area contributed by atoms with Gasteiger partial charge in [0, 0.05) is 15.3 Å². The zero-order valence-electron chi connectivity index (χ0n) is 13.3. The molecule has 0 bridgehead atoms. The second-order valence-corrected chi connectivity index (χ2v) is 8.42. The molecule has 1 unspecified atom stereocenters. The quantitative estimate of drug-likeness (QED) is 0.505. The number of carbonyl (C=O) groups is 1. The van der Waals surface area contributed by atoms with Gasteiger partial charge in [-0.2, -0.15) is 0 Å². The molecule has 0 aliphatic rings. The maximum absolute atomic E-state index is 12.7. The Balaban J connectivity index is 2.14. The van der Waals surface area contributed by atoms with Crippen LogP contribution in [-0.2, 0) is 11.2 Å². The zero-order chi connectivity index (χ0) is 17.3. The van der Waals surface area contributed by atoms with Crippen molar-refractivity contribution in [2.45, 2.75) is 37.1 Å². The van der Waals surface area contributed by atoms with E-state index in [1.165, 1.54) is 23.1 Å². The zero-order valence-corrected chi connectivity index (χ0v) is 15.7. The smallest absolute Gasteiger partial charge is 0.260 e. The lowest BCUT2D eigenvalue weighted by Crippen LogP contribution is -2.25. The van der Waals surface area contributed by atoms with Crippen molar-refractivity contribution in [2.75, 3.05) is 0 Å². The molecule has 3 N–H and O–H groups in total. The van der Waals surface area contributed by atoms with E-state index < -0.39 is 11.2 Å². The Morgan fingerprint density at radius 1 is 1.46 bits per heavy atom. The Labute approximate surface area is 151 Å². The minimum absolute atomic E-state index is 0.166. The Kier molecular flexibility index (Phi) is 5.07. The Morgan fingerprint density at radius 3 is 2.83 bits per heavy atom. The summed E-state index contributed by atoms with van der Waals surface area (Å²) >= 11 is 4.37.